The predicted octanol–water partition coefficient (Wildman–Crippen LogP) is 2.92. The minimum absolute atomic E-state index is 0.206. The number of aromatic nitrogens is 5. The number of ether oxygens (including phenoxy) is 1. The van der Waals surface area contributed by atoms with Gasteiger partial charge in [-0.1, -0.05) is 12.1 Å². The fourth-order valence-electron chi connectivity index (χ4n) is 4.76. The van der Waals surface area contributed by atoms with Crippen molar-refractivity contribution in [3.63, 3.8) is 0 Å². The SMILES string of the molecule is N[C@@H]1CCCN(c2cnc(Nc3ccc(-c4cc5c(N6CCOCC6)ncnc5[nH]4)cc3)cn2)C1. The van der Waals surface area contributed by atoms with E-state index >= 15 is 0 Å². The number of rotatable bonds is 5. The number of anilines is 4. The van der Waals surface area contributed by atoms with Gasteiger partial charge >= 0.3 is 0 Å². The minimum atomic E-state index is 0.206. The van der Waals surface area contributed by atoms with Crippen molar-refractivity contribution < 1.29 is 4.74 Å². The van der Waals surface area contributed by atoms with Gasteiger partial charge in [0, 0.05) is 43.6 Å². The molecule has 0 radical (unpaired) electrons. The Morgan fingerprint density at radius 1 is 0.971 bits per heavy atom. The highest BCUT2D eigenvalue weighted by Crippen LogP contribution is 2.30. The zero-order chi connectivity index (χ0) is 23.6. The second kappa shape index (κ2) is 9.47. The summed E-state index contributed by atoms with van der Waals surface area (Å²) in [6.07, 6.45) is 7.36. The van der Waals surface area contributed by atoms with E-state index in [0.717, 1.165) is 91.8 Å². The third kappa shape index (κ3) is 4.62. The van der Waals surface area contributed by atoms with Crippen molar-refractivity contribution in [1.29, 1.82) is 0 Å². The standard InChI is InChI=1S/C25H29N9O/c26-18-2-1-7-34(15-18)23-14-27-22(13-28-23)31-19-5-3-17(4-6-19)21-12-20-24(32-21)29-16-30-25(20)33-8-10-35-11-9-33/h3-6,12-14,16,18H,1-2,7-11,15,26H2,(H,27,31)(H,29,30,32)/t18-/m1/s1. The van der Waals surface area contributed by atoms with Gasteiger partial charge in [-0.15, -0.1) is 0 Å². The predicted molar refractivity (Wildman–Crippen MR) is 137 cm³/mol. The van der Waals surface area contributed by atoms with Crippen molar-refractivity contribution in [1.82, 2.24) is 24.9 Å². The molecule has 2 saturated heterocycles. The smallest absolute Gasteiger partial charge is 0.149 e. The van der Waals surface area contributed by atoms with Gasteiger partial charge in [-0.3, -0.25) is 0 Å². The molecule has 0 unspecified atom stereocenters. The first-order valence-corrected chi connectivity index (χ1v) is 12.1. The lowest BCUT2D eigenvalue weighted by atomic mass is 10.1. The first-order valence-electron chi connectivity index (χ1n) is 12.1. The molecular formula is C25H29N9O. The lowest BCUT2D eigenvalue weighted by molar-refractivity contribution is 0.122. The number of fused-ring (bicyclic) bond motifs is 1. The maximum atomic E-state index is 6.09. The Morgan fingerprint density at radius 2 is 1.83 bits per heavy atom. The maximum absolute atomic E-state index is 6.09. The van der Waals surface area contributed by atoms with Crippen LogP contribution in [-0.4, -0.2) is 70.4 Å². The second-order valence-corrected chi connectivity index (χ2v) is 9.05. The number of morpholine rings is 1. The fraction of sp³-hybridized carbons (Fsp3) is 0.360. The summed E-state index contributed by atoms with van der Waals surface area (Å²) in [6.45, 7) is 4.92. The number of nitrogens with one attached hydrogen (secondary N) is 2. The number of hydrogen-bond acceptors (Lipinski definition) is 9. The normalized spacial score (nSPS) is 18.7. The highest BCUT2D eigenvalue weighted by atomic mass is 16.5. The molecule has 2 aliphatic rings. The van der Waals surface area contributed by atoms with E-state index in [1.165, 1.54) is 0 Å². The number of nitrogens with zero attached hydrogens (tertiary/aromatic N) is 6. The fourth-order valence-corrected chi connectivity index (χ4v) is 4.76. The van der Waals surface area contributed by atoms with Gasteiger partial charge in [0.2, 0.25) is 0 Å². The molecule has 2 fully saturated rings. The number of benzene rings is 1. The third-order valence-corrected chi connectivity index (χ3v) is 6.60. The van der Waals surface area contributed by atoms with Crippen molar-refractivity contribution in [2.24, 2.45) is 5.73 Å². The molecule has 3 aromatic heterocycles. The Kier molecular flexibility index (Phi) is 5.89. The molecule has 0 aliphatic carbocycles. The highest BCUT2D eigenvalue weighted by Gasteiger charge is 2.19. The molecule has 35 heavy (non-hydrogen) atoms. The number of piperidine rings is 1. The highest BCUT2D eigenvalue weighted by molar-refractivity contribution is 5.92. The Balaban J connectivity index is 1.16. The Morgan fingerprint density at radius 3 is 2.60 bits per heavy atom. The summed E-state index contributed by atoms with van der Waals surface area (Å²) in [5.74, 6) is 2.53. The summed E-state index contributed by atoms with van der Waals surface area (Å²) < 4.78 is 5.49. The number of aromatic amines is 1. The van der Waals surface area contributed by atoms with Crippen molar-refractivity contribution in [3.05, 3.63) is 49.1 Å². The first-order chi connectivity index (χ1) is 17.2. The van der Waals surface area contributed by atoms with Crippen molar-refractivity contribution in [2.75, 3.05) is 54.5 Å². The van der Waals surface area contributed by atoms with E-state index in [1.54, 1.807) is 12.5 Å². The summed E-state index contributed by atoms with van der Waals surface area (Å²) in [5.41, 5.74) is 9.95. The van der Waals surface area contributed by atoms with Gasteiger partial charge in [0.25, 0.3) is 0 Å². The number of nitrogens with two attached hydrogens (primary N) is 1. The van der Waals surface area contributed by atoms with Gasteiger partial charge < -0.3 is 30.6 Å². The molecule has 0 spiro atoms. The van der Waals surface area contributed by atoms with E-state index in [-0.39, 0.29) is 6.04 Å². The lowest BCUT2D eigenvalue weighted by Crippen LogP contribution is -2.43. The summed E-state index contributed by atoms with van der Waals surface area (Å²) in [5, 5.41) is 4.36. The monoisotopic (exact) mass is 471 g/mol. The summed E-state index contributed by atoms with van der Waals surface area (Å²) in [7, 11) is 0. The van der Waals surface area contributed by atoms with Gasteiger partial charge in [-0.25, -0.2) is 19.9 Å². The van der Waals surface area contributed by atoms with E-state index in [0.29, 0.717) is 5.82 Å². The molecule has 4 N–H and O–H groups in total. The average molecular weight is 472 g/mol. The lowest BCUT2D eigenvalue weighted by Gasteiger charge is -2.31. The van der Waals surface area contributed by atoms with Gasteiger partial charge in [-0.05, 0) is 36.6 Å². The van der Waals surface area contributed by atoms with Crippen LogP contribution in [0.25, 0.3) is 22.3 Å². The molecule has 180 valence electrons. The van der Waals surface area contributed by atoms with E-state index in [4.69, 9.17) is 10.5 Å². The summed E-state index contributed by atoms with van der Waals surface area (Å²) in [4.78, 5) is 26.0. The Labute approximate surface area is 203 Å². The Bertz CT molecular complexity index is 1280. The van der Waals surface area contributed by atoms with Crippen LogP contribution in [0.3, 0.4) is 0 Å². The van der Waals surface area contributed by atoms with Crippen LogP contribution in [0.4, 0.5) is 23.1 Å². The molecule has 10 heteroatoms. The quantitative estimate of drug-likeness (QED) is 0.403. The third-order valence-electron chi connectivity index (χ3n) is 6.60. The van der Waals surface area contributed by atoms with Crippen LogP contribution in [0.1, 0.15) is 12.8 Å². The first kappa shape index (κ1) is 21.8. The zero-order valence-electron chi connectivity index (χ0n) is 19.5. The molecule has 6 rings (SSSR count). The van der Waals surface area contributed by atoms with Crippen LogP contribution < -0.4 is 20.9 Å². The minimum Gasteiger partial charge on any atom is -0.378 e. The molecule has 1 aromatic carbocycles. The molecule has 10 nitrogen and oxygen atoms in total. The maximum Gasteiger partial charge on any atom is 0.149 e. The van der Waals surface area contributed by atoms with Crippen LogP contribution in [0, 0.1) is 0 Å². The van der Waals surface area contributed by atoms with E-state index in [1.807, 2.05) is 18.3 Å². The largest absolute Gasteiger partial charge is 0.378 e. The summed E-state index contributed by atoms with van der Waals surface area (Å²) >= 11 is 0. The molecular weight excluding hydrogens is 442 g/mol. The zero-order valence-corrected chi connectivity index (χ0v) is 19.5. The van der Waals surface area contributed by atoms with Crippen LogP contribution in [0.2, 0.25) is 0 Å². The van der Waals surface area contributed by atoms with Crippen LogP contribution in [-0.2, 0) is 4.74 Å². The van der Waals surface area contributed by atoms with Crippen LogP contribution in [0.15, 0.2) is 49.1 Å². The topological polar surface area (TPSA) is 121 Å². The van der Waals surface area contributed by atoms with E-state index in [2.05, 4.69) is 58.2 Å². The second-order valence-electron chi connectivity index (χ2n) is 9.05. The van der Waals surface area contributed by atoms with Gasteiger partial charge in [0.1, 0.15) is 29.4 Å². The Hall–Kier alpha value is -3.76. The van der Waals surface area contributed by atoms with Crippen LogP contribution in [0.5, 0.6) is 0 Å². The number of hydrogen-bond donors (Lipinski definition) is 3. The molecule has 1 atom stereocenters. The molecule has 0 amide bonds. The molecule has 0 saturated carbocycles. The van der Waals surface area contributed by atoms with Crippen LogP contribution >= 0.6 is 0 Å². The van der Waals surface area contributed by atoms with Gasteiger partial charge in [0.05, 0.1) is 31.0 Å². The van der Waals surface area contributed by atoms with Gasteiger partial charge in [-0.2, -0.15) is 0 Å². The van der Waals surface area contributed by atoms with Crippen molar-refractivity contribution in [2.45, 2.75) is 18.9 Å². The van der Waals surface area contributed by atoms with Crippen molar-refractivity contribution in [3.8, 4) is 11.3 Å². The summed E-state index contributed by atoms with van der Waals surface area (Å²) in [6, 6.07) is 10.6. The number of H-pyrrole nitrogens is 1. The average Bonchev–Trinajstić information content (AvgIpc) is 3.35. The molecule has 2 aliphatic heterocycles. The van der Waals surface area contributed by atoms with E-state index in [9.17, 15) is 0 Å². The molecule has 5 heterocycles. The molecule has 0 bridgehead atoms. The van der Waals surface area contributed by atoms with Gasteiger partial charge in [0.15, 0.2) is 0 Å². The molecule has 4 aromatic rings. The van der Waals surface area contributed by atoms with E-state index < -0.39 is 0 Å². The van der Waals surface area contributed by atoms with Crippen molar-refractivity contribution >= 4 is 34.2 Å².